The third kappa shape index (κ3) is 3.11. The molecule has 0 radical (unpaired) electrons. The SMILES string of the molecule is CC1CC(OC(=O)c2ccccc2)CC([C@H]2O[C@H]2C)N1C. The molecule has 0 N–H and O–H groups in total. The predicted octanol–water partition coefficient (Wildman–Crippen LogP) is 2.48. The summed E-state index contributed by atoms with van der Waals surface area (Å²) >= 11 is 0. The van der Waals surface area contributed by atoms with E-state index < -0.39 is 0 Å². The Bertz CT molecular complexity index is 504. The van der Waals surface area contributed by atoms with Crippen LogP contribution in [0.2, 0.25) is 0 Å². The Morgan fingerprint density at radius 1 is 1.24 bits per heavy atom. The number of benzene rings is 1. The summed E-state index contributed by atoms with van der Waals surface area (Å²) in [7, 11) is 2.14. The van der Waals surface area contributed by atoms with E-state index in [1.54, 1.807) is 12.1 Å². The van der Waals surface area contributed by atoms with E-state index in [-0.39, 0.29) is 18.2 Å². The molecule has 0 spiro atoms. The van der Waals surface area contributed by atoms with Crippen molar-refractivity contribution in [3.63, 3.8) is 0 Å². The van der Waals surface area contributed by atoms with Crippen LogP contribution in [0, 0.1) is 0 Å². The van der Waals surface area contributed by atoms with Gasteiger partial charge in [0.05, 0.1) is 17.8 Å². The Kier molecular flexibility index (Phi) is 4.00. The minimum Gasteiger partial charge on any atom is -0.459 e. The van der Waals surface area contributed by atoms with Crippen LogP contribution in [0.1, 0.15) is 37.0 Å². The molecule has 0 saturated carbocycles. The number of nitrogens with zero attached hydrogens (tertiary/aromatic N) is 1. The second-order valence-corrected chi connectivity index (χ2v) is 6.25. The van der Waals surface area contributed by atoms with Gasteiger partial charge in [0.25, 0.3) is 0 Å². The lowest BCUT2D eigenvalue weighted by molar-refractivity contribution is -0.0181. The first kappa shape index (κ1) is 14.5. The molecule has 2 saturated heterocycles. The van der Waals surface area contributed by atoms with Crippen molar-refractivity contribution in [2.45, 2.75) is 57.1 Å². The first-order valence-corrected chi connectivity index (χ1v) is 7.69. The largest absolute Gasteiger partial charge is 0.459 e. The molecule has 0 aliphatic carbocycles. The van der Waals surface area contributed by atoms with Crippen LogP contribution in [-0.2, 0) is 9.47 Å². The summed E-state index contributed by atoms with van der Waals surface area (Å²) in [5.41, 5.74) is 0.622. The fourth-order valence-electron chi connectivity index (χ4n) is 3.27. The van der Waals surface area contributed by atoms with Crippen molar-refractivity contribution in [1.82, 2.24) is 4.90 Å². The van der Waals surface area contributed by atoms with Crippen molar-refractivity contribution >= 4 is 5.97 Å². The zero-order valence-corrected chi connectivity index (χ0v) is 12.9. The van der Waals surface area contributed by atoms with E-state index in [2.05, 4.69) is 25.8 Å². The first-order valence-electron chi connectivity index (χ1n) is 7.69. The van der Waals surface area contributed by atoms with E-state index in [0.29, 0.717) is 23.8 Å². The molecule has 0 aromatic heterocycles. The molecule has 2 heterocycles. The summed E-state index contributed by atoms with van der Waals surface area (Å²) < 4.78 is 11.3. The number of carbonyl (C=O) groups is 1. The zero-order chi connectivity index (χ0) is 15.0. The van der Waals surface area contributed by atoms with Crippen molar-refractivity contribution in [3.8, 4) is 0 Å². The molecule has 1 aromatic rings. The maximum absolute atomic E-state index is 12.2. The molecule has 5 atom stereocenters. The molecule has 0 bridgehead atoms. The first-order chi connectivity index (χ1) is 10.1. The smallest absolute Gasteiger partial charge is 0.338 e. The summed E-state index contributed by atoms with van der Waals surface area (Å²) in [6, 6.07) is 9.95. The highest BCUT2D eigenvalue weighted by Crippen LogP contribution is 2.35. The lowest BCUT2D eigenvalue weighted by Gasteiger charge is -2.40. The van der Waals surface area contributed by atoms with Gasteiger partial charge in [-0.25, -0.2) is 4.79 Å². The van der Waals surface area contributed by atoms with Gasteiger partial charge in [0.1, 0.15) is 6.10 Å². The number of rotatable bonds is 3. The summed E-state index contributed by atoms with van der Waals surface area (Å²) in [5.74, 6) is -0.221. The van der Waals surface area contributed by atoms with Crippen LogP contribution in [0.25, 0.3) is 0 Å². The molecule has 4 heteroatoms. The predicted molar refractivity (Wildman–Crippen MR) is 80.2 cm³/mol. The summed E-state index contributed by atoms with van der Waals surface area (Å²) in [6.07, 6.45) is 2.33. The number of esters is 1. The highest BCUT2D eigenvalue weighted by molar-refractivity contribution is 5.89. The van der Waals surface area contributed by atoms with Crippen LogP contribution in [0.5, 0.6) is 0 Å². The number of piperidine rings is 1. The van der Waals surface area contributed by atoms with Gasteiger partial charge in [0, 0.05) is 18.5 Å². The maximum Gasteiger partial charge on any atom is 0.338 e. The van der Waals surface area contributed by atoms with Crippen LogP contribution < -0.4 is 0 Å². The van der Waals surface area contributed by atoms with Crippen molar-refractivity contribution < 1.29 is 14.3 Å². The molecule has 2 aliphatic rings. The van der Waals surface area contributed by atoms with Gasteiger partial charge in [-0.1, -0.05) is 18.2 Å². The number of hydrogen-bond acceptors (Lipinski definition) is 4. The van der Waals surface area contributed by atoms with Crippen LogP contribution in [0.4, 0.5) is 0 Å². The van der Waals surface area contributed by atoms with E-state index >= 15 is 0 Å². The Hall–Kier alpha value is -1.39. The quantitative estimate of drug-likeness (QED) is 0.633. The van der Waals surface area contributed by atoms with Gasteiger partial charge in [-0.15, -0.1) is 0 Å². The van der Waals surface area contributed by atoms with Crippen LogP contribution >= 0.6 is 0 Å². The Labute approximate surface area is 126 Å². The highest BCUT2D eigenvalue weighted by Gasteiger charge is 2.47. The monoisotopic (exact) mass is 289 g/mol. The van der Waals surface area contributed by atoms with E-state index in [1.807, 2.05) is 18.2 Å². The van der Waals surface area contributed by atoms with Gasteiger partial charge in [0.2, 0.25) is 0 Å². The molecule has 3 unspecified atom stereocenters. The standard InChI is InChI=1S/C17H23NO3/c1-11-9-14(10-15(18(11)3)16-12(2)20-16)21-17(19)13-7-5-4-6-8-13/h4-8,11-12,14-16H,9-10H2,1-3H3/t11?,12-,14?,15?,16-/m0/s1. The van der Waals surface area contributed by atoms with E-state index in [0.717, 1.165) is 12.8 Å². The van der Waals surface area contributed by atoms with Crippen molar-refractivity contribution in [2.75, 3.05) is 7.05 Å². The number of likely N-dealkylation sites (N-methyl/N-ethyl adjacent to an activating group) is 1. The Morgan fingerprint density at radius 3 is 2.52 bits per heavy atom. The molecule has 114 valence electrons. The van der Waals surface area contributed by atoms with Crippen molar-refractivity contribution in [2.24, 2.45) is 0 Å². The van der Waals surface area contributed by atoms with Crippen molar-refractivity contribution in [3.05, 3.63) is 35.9 Å². The lowest BCUT2D eigenvalue weighted by Crippen LogP contribution is -2.51. The van der Waals surface area contributed by atoms with Gasteiger partial charge < -0.3 is 9.47 Å². The molecule has 2 aliphatic heterocycles. The van der Waals surface area contributed by atoms with Crippen LogP contribution in [0.15, 0.2) is 30.3 Å². The Balaban J connectivity index is 1.64. The zero-order valence-electron chi connectivity index (χ0n) is 12.9. The number of hydrogen-bond donors (Lipinski definition) is 0. The van der Waals surface area contributed by atoms with Gasteiger partial charge in [-0.2, -0.15) is 0 Å². The van der Waals surface area contributed by atoms with E-state index in [1.165, 1.54) is 0 Å². The van der Waals surface area contributed by atoms with Gasteiger partial charge in [-0.05, 0) is 39.4 Å². The average molecular weight is 289 g/mol. The molecule has 3 rings (SSSR count). The molecular formula is C17H23NO3. The maximum atomic E-state index is 12.2. The normalized spacial score (nSPS) is 36.2. The lowest BCUT2D eigenvalue weighted by atomic mass is 9.91. The van der Waals surface area contributed by atoms with Crippen molar-refractivity contribution in [1.29, 1.82) is 0 Å². The number of epoxide rings is 1. The van der Waals surface area contributed by atoms with Crippen LogP contribution in [0.3, 0.4) is 0 Å². The third-order valence-corrected chi connectivity index (χ3v) is 4.75. The molecular weight excluding hydrogens is 266 g/mol. The summed E-state index contributed by atoms with van der Waals surface area (Å²) in [6.45, 7) is 4.28. The molecule has 0 amide bonds. The number of ether oxygens (including phenoxy) is 2. The minimum atomic E-state index is -0.221. The summed E-state index contributed by atoms with van der Waals surface area (Å²) in [5, 5.41) is 0. The van der Waals surface area contributed by atoms with E-state index in [4.69, 9.17) is 9.47 Å². The molecule has 21 heavy (non-hydrogen) atoms. The molecule has 4 nitrogen and oxygen atoms in total. The topological polar surface area (TPSA) is 42.1 Å². The summed E-state index contributed by atoms with van der Waals surface area (Å²) in [4.78, 5) is 14.6. The number of carbonyl (C=O) groups excluding carboxylic acids is 1. The minimum absolute atomic E-state index is 0.0229. The van der Waals surface area contributed by atoms with Gasteiger partial charge >= 0.3 is 5.97 Å². The average Bonchev–Trinajstić information content (AvgIpc) is 3.20. The fraction of sp³-hybridized carbons (Fsp3) is 0.588. The number of likely N-dealkylation sites (tertiary alicyclic amines) is 1. The second-order valence-electron chi connectivity index (χ2n) is 6.25. The molecule has 2 fully saturated rings. The molecule has 1 aromatic carbocycles. The van der Waals surface area contributed by atoms with Gasteiger partial charge in [-0.3, -0.25) is 4.90 Å². The third-order valence-electron chi connectivity index (χ3n) is 4.75. The highest BCUT2D eigenvalue weighted by atomic mass is 16.6. The van der Waals surface area contributed by atoms with E-state index in [9.17, 15) is 4.79 Å². The Morgan fingerprint density at radius 2 is 1.90 bits per heavy atom. The fourth-order valence-corrected chi connectivity index (χ4v) is 3.27. The van der Waals surface area contributed by atoms with Crippen LogP contribution in [-0.4, -0.2) is 48.3 Å². The second kappa shape index (κ2) is 5.78. The van der Waals surface area contributed by atoms with Gasteiger partial charge in [0.15, 0.2) is 0 Å².